The molecule has 0 saturated carbocycles. The summed E-state index contributed by atoms with van der Waals surface area (Å²) in [6.07, 6.45) is 1.92. The molecule has 0 unspecified atom stereocenters. The van der Waals surface area contributed by atoms with Gasteiger partial charge in [-0.1, -0.05) is 19.4 Å². The largest absolute Gasteiger partial charge is 0.497 e. The van der Waals surface area contributed by atoms with Gasteiger partial charge in [0.05, 0.1) is 18.3 Å². The molecule has 27 heavy (non-hydrogen) atoms. The SMILES string of the molecule is CCCc1cc(C(=O)N2CCN(c3cccc(OC)c3)C(C)(C)C2)n(C)n1. The van der Waals surface area contributed by atoms with Crippen molar-refractivity contribution >= 4 is 11.6 Å². The second-order valence-corrected chi connectivity index (χ2v) is 7.79. The third-order valence-electron chi connectivity index (χ3n) is 5.21. The van der Waals surface area contributed by atoms with Crippen molar-refractivity contribution in [2.75, 3.05) is 31.6 Å². The van der Waals surface area contributed by atoms with E-state index in [1.165, 1.54) is 0 Å². The molecule has 1 aliphatic heterocycles. The second kappa shape index (κ2) is 7.62. The van der Waals surface area contributed by atoms with Crippen LogP contribution in [-0.4, -0.2) is 52.9 Å². The van der Waals surface area contributed by atoms with E-state index < -0.39 is 0 Å². The van der Waals surface area contributed by atoms with E-state index in [0.717, 1.165) is 36.5 Å². The van der Waals surface area contributed by atoms with Gasteiger partial charge in [-0.05, 0) is 38.5 Å². The summed E-state index contributed by atoms with van der Waals surface area (Å²) in [7, 11) is 3.53. The zero-order valence-electron chi connectivity index (χ0n) is 17.0. The molecule has 3 rings (SSSR count). The molecule has 146 valence electrons. The number of hydrogen-bond acceptors (Lipinski definition) is 4. The van der Waals surface area contributed by atoms with Crippen molar-refractivity contribution < 1.29 is 9.53 Å². The molecule has 0 radical (unpaired) electrons. The average Bonchev–Trinajstić information content (AvgIpc) is 3.01. The van der Waals surface area contributed by atoms with Gasteiger partial charge in [0.2, 0.25) is 0 Å². The van der Waals surface area contributed by atoms with Crippen LogP contribution in [0.3, 0.4) is 0 Å². The Morgan fingerprint density at radius 3 is 2.70 bits per heavy atom. The monoisotopic (exact) mass is 370 g/mol. The standard InChI is InChI=1S/C21H30N4O2/c1-6-8-16-13-19(23(4)22-16)20(26)24-11-12-25(21(2,3)15-24)17-9-7-10-18(14-17)27-5/h7,9-10,13-14H,6,8,11-12,15H2,1-5H3. The smallest absolute Gasteiger partial charge is 0.272 e. The van der Waals surface area contributed by atoms with Gasteiger partial charge in [0.1, 0.15) is 11.4 Å². The summed E-state index contributed by atoms with van der Waals surface area (Å²) in [5, 5.41) is 4.48. The summed E-state index contributed by atoms with van der Waals surface area (Å²) in [6.45, 7) is 8.61. The Balaban J connectivity index is 1.77. The molecule has 0 bridgehead atoms. The van der Waals surface area contributed by atoms with Crippen LogP contribution in [0.1, 0.15) is 43.4 Å². The predicted molar refractivity (Wildman–Crippen MR) is 108 cm³/mol. The van der Waals surface area contributed by atoms with Crippen LogP contribution in [-0.2, 0) is 13.5 Å². The van der Waals surface area contributed by atoms with Crippen molar-refractivity contribution in [3.63, 3.8) is 0 Å². The number of anilines is 1. The number of carbonyl (C=O) groups excluding carboxylic acids is 1. The van der Waals surface area contributed by atoms with E-state index in [4.69, 9.17) is 4.74 Å². The van der Waals surface area contributed by atoms with E-state index in [1.807, 2.05) is 30.1 Å². The minimum Gasteiger partial charge on any atom is -0.497 e. The lowest BCUT2D eigenvalue weighted by atomic mass is 9.97. The molecule has 0 aliphatic carbocycles. The van der Waals surface area contributed by atoms with E-state index in [-0.39, 0.29) is 11.4 Å². The molecule has 2 heterocycles. The number of methoxy groups -OCH3 is 1. The first kappa shape index (κ1) is 19.3. The van der Waals surface area contributed by atoms with Gasteiger partial charge in [-0.25, -0.2) is 0 Å². The fourth-order valence-electron chi connectivity index (χ4n) is 3.85. The number of carbonyl (C=O) groups is 1. The van der Waals surface area contributed by atoms with Crippen LogP contribution >= 0.6 is 0 Å². The molecule has 1 aromatic heterocycles. The highest BCUT2D eigenvalue weighted by atomic mass is 16.5. The highest BCUT2D eigenvalue weighted by Crippen LogP contribution is 2.30. The molecule has 6 nitrogen and oxygen atoms in total. The maximum Gasteiger partial charge on any atom is 0.272 e. The third-order valence-corrected chi connectivity index (χ3v) is 5.21. The van der Waals surface area contributed by atoms with Gasteiger partial charge < -0.3 is 14.5 Å². The van der Waals surface area contributed by atoms with Crippen molar-refractivity contribution in [1.29, 1.82) is 0 Å². The van der Waals surface area contributed by atoms with Crippen molar-refractivity contribution in [2.24, 2.45) is 7.05 Å². The van der Waals surface area contributed by atoms with Crippen molar-refractivity contribution in [2.45, 2.75) is 39.2 Å². The molecule has 0 N–H and O–H groups in total. The lowest BCUT2D eigenvalue weighted by molar-refractivity contribution is 0.0675. The third kappa shape index (κ3) is 3.94. The Bertz CT molecular complexity index is 812. The van der Waals surface area contributed by atoms with Crippen LogP contribution in [0, 0.1) is 0 Å². The van der Waals surface area contributed by atoms with E-state index in [1.54, 1.807) is 11.8 Å². The summed E-state index contributed by atoms with van der Waals surface area (Å²) in [5.74, 6) is 0.908. The number of aryl methyl sites for hydroxylation is 2. The van der Waals surface area contributed by atoms with Gasteiger partial charge in [-0.15, -0.1) is 0 Å². The van der Waals surface area contributed by atoms with E-state index in [9.17, 15) is 4.79 Å². The van der Waals surface area contributed by atoms with Crippen LogP contribution in [0.4, 0.5) is 5.69 Å². The topological polar surface area (TPSA) is 50.6 Å². The first-order chi connectivity index (χ1) is 12.9. The number of amides is 1. The number of rotatable bonds is 5. The minimum atomic E-state index is -0.175. The van der Waals surface area contributed by atoms with Gasteiger partial charge in [0.15, 0.2) is 0 Å². The van der Waals surface area contributed by atoms with Crippen LogP contribution in [0.15, 0.2) is 30.3 Å². The van der Waals surface area contributed by atoms with Crippen molar-refractivity contribution in [1.82, 2.24) is 14.7 Å². The molecule has 0 spiro atoms. The van der Waals surface area contributed by atoms with Gasteiger partial charge >= 0.3 is 0 Å². The highest BCUT2D eigenvalue weighted by Gasteiger charge is 2.36. The first-order valence-electron chi connectivity index (χ1n) is 9.59. The van der Waals surface area contributed by atoms with Crippen LogP contribution in [0.25, 0.3) is 0 Å². The Morgan fingerprint density at radius 2 is 2.04 bits per heavy atom. The molecular formula is C21H30N4O2. The molecular weight excluding hydrogens is 340 g/mol. The van der Waals surface area contributed by atoms with Crippen molar-refractivity contribution in [3.05, 3.63) is 41.7 Å². The normalized spacial score (nSPS) is 16.5. The molecule has 1 amide bonds. The van der Waals surface area contributed by atoms with Gasteiger partial charge in [0, 0.05) is 38.4 Å². The maximum atomic E-state index is 13.1. The number of nitrogens with zero attached hydrogens (tertiary/aromatic N) is 4. The molecule has 1 fully saturated rings. The summed E-state index contributed by atoms with van der Waals surface area (Å²) >= 11 is 0. The lowest BCUT2D eigenvalue weighted by Crippen LogP contribution is -2.60. The molecule has 1 aromatic carbocycles. The summed E-state index contributed by atoms with van der Waals surface area (Å²) < 4.78 is 7.08. The Kier molecular flexibility index (Phi) is 5.44. The van der Waals surface area contributed by atoms with Gasteiger partial charge in [-0.3, -0.25) is 9.48 Å². The predicted octanol–water partition coefficient (Wildman–Crippen LogP) is 3.12. The van der Waals surface area contributed by atoms with Crippen LogP contribution < -0.4 is 9.64 Å². The molecule has 1 aliphatic rings. The Labute approximate surface area is 161 Å². The molecule has 0 atom stereocenters. The average molecular weight is 370 g/mol. The summed E-state index contributed by atoms with van der Waals surface area (Å²) in [5.41, 5.74) is 2.60. The number of aromatic nitrogens is 2. The first-order valence-corrected chi connectivity index (χ1v) is 9.59. The van der Waals surface area contributed by atoms with Crippen LogP contribution in [0.5, 0.6) is 5.75 Å². The maximum absolute atomic E-state index is 13.1. The highest BCUT2D eigenvalue weighted by molar-refractivity contribution is 5.93. The second-order valence-electron chi connectivity index (χ2n) is 7.79. The Hall–Kier alpha value is -2.50. The lowest BCUT2D eigenvalue weighted by Gasteiger charge is -2.48. The fraction of sp³-hybridized carbons (Fsp3) is 0.524. The summed E-state index contributed by atoms with van der Waals surface area (Å²) in [6, 6.07) is 10.0. The van der Waals surface area contributed by atoms with Crippen molar-refractivity contribution in [3.8, 4) is 5.75 Å². The van der Waals surface area contributed by atoms with Gasteiger partial charge in [0.25, 0.3) is 5.91 Å². The Morgan fingerprint density at radius 1 is 1.26 bits per heavy atom. The number of hydrogen-bond donors (Lipinski definition) is 0. The molecule has 1 saturated heterocycles. The zero-order chi connectivity index (χ0) is 19.6. The zero-order valence-corrected chi connectivity index (χ0v) is 17.0. The quantitative estimate of drug-likeness (QED) is 0.811. The molecule has 2 aromatic rings. The number of ether oxygens (including phenoxy) is 1. The number of benzene rings is 1. The van der Waals surface area contributed by atoms with Crippen LogP contribution in [0.2, 0.25) is 0 Å². The van der Waals surface area contributed by atoms with E-state index in [0.29, 0.717) is 18.8 Å². The molecule has 6 heteroatoms. The minimum absolute atomic E-state index is 0.0609. The fourth-order valence-corrected chi connectivity index (χ4v) is 3.85. The van der Waals surface area contributed by atoms with E-state index >= 15 is 0 Å². The number of piperazine rings is 1. The summed E-state index contributed by atoms with van der Waals surface area (Å²) in [4.78, 5) is 17.4. The van der Waals surface area contributed by atoms with Gasteiger partial charge in [-0.2, -0.15) is 5.10 Å². The van der Waals surface area contributed by atoms with E-state index in [2.05, 4.69) is 42.9 Å².